The highest BCUT2D eigenvalue weighted by Crippen LogP contribution is 2.54. The molecule has 0 bridgehead atoms. The summed E-state index contributed by atoms with van der Waals surface area (Å²) in [4.78, 5) is 0. The molecular formula is C63H49N3O. The summed E-state index contributed by atoms with van der Waals surface area (Å²) >= 11 is 0. The molecule has 2 aliphatic carbocycles. The van der Waals surface area contributed by atoms with Gasteiger partial charge < -0.3 is 8.98 Å². The number of hydrogen-bond donors (Lipinski definition) is 0. The molecule has 0 unspecified atom stereocenters. The molecule has 12 rings (SSSR count). The van der Waals surface area contributed by atoms with Gasteiger partial charge in [0.1, 0.15) is 0 Å². The highest BCUT2D eigenvalue weighted by Gasteiger charge is 2.41. The van der Waals surface area contributed by atoms with Gasteiger partial charge in [-0.1, -0.05) is 184 Å². The molecular weight excluding hydrogens is 815 g/mol. The van der Waals surface area contributed by atoms with E-state index in [-0.39, 0.29) is 5.41 Å². The van der Waals surface area contributed by atoms with Gasteiger partial charge in [0.05, 0.1) is 11.0 Å². The van der Waals surface area contributed by atoms with Crippen LogP contribution in [0.25, 0.3) is 101 Å². The molecule has 322 valence electrons. The van der Waals surface area contributed by atoms with E-state index in [9.17, 15) is 0 Å². The molecule has 10 aromatic rings. The molecule has 0 aliphatic heterocycles. The first-order valence-corrected chi connectivity index (χ1v) is 23.7. The maximum atomic E-state index is 6.72. The van der Waals surface area contributed by atoms with Crippen molar-refractivity contribution in [3.63, 3.8) is 0 Å². The van der Waals surface area contributed by atoms with Gasteiger partial charge in [0.2, 0.25) is 11.8 Å². The van der Waals surface area contributed by atoms with Crippen molar-refractivity contribution in [1.29, 1.82) is 0 Å². The Balaban J connectivity index is 0.955. The van der Waals surface area contributed by atoms with Gasteiger partial charge in [-0.2, -0.15) is 0 Å². The summed E-state index contributed by atoms with van der Waals surface area (Å²) in [6.45, 7) is 4.67. The summed E-state index contributed by atoms with van der Waals surface area (Å²) in [5.74, 6) is 0.933. The maximum absolute atomic E-state index is 6.72. The van der Waals surface area contributed by atoms with Crippen molar-refractivity contribution in [3.8, 4) is 61.6 Å². The van der Waals surface area contributed by atoms with Crippen LogP contribution >= 0.6 is 0 Å². The van der Waals surface area contributed by atoms with Crippen LogP contribution in [-0.2, 0) is 5.41 Å². The van der Waals surface area contributed by atoms with E-state index in [1.807, 2.05) is 6.08 Å². The Kier molecular flexibility index (Phi) is 10.1. The van der Waals surface area contributed by atoms with Crippen LogP contribution in [-0.4, -0.2) is 14.8 Å². The fourth-order valence-electron chi connectivity index (χ4n) is 11.1. The monoisotopic (exact) mass is 863 g/mol. The average Bonchev–Trinajstić information content (AvgIpc) is 4.09. The molecule has 0 saturated carbocycles. The lowest BCUT2D eigenvalue weighted by atomic mass is 9.73. The molecule has 0 N–H and O–H groups in total. The first-order chi connectivity index (χ1) is 33.1. The molecule has 2 heterocycles. The van der Waals surface area contributed by atoms with Crippen molar-refractivity contribution >= 4 is 39.5 Å². The Labute approximate surface area is 391 Å². The lowest BCUT2D eigenvalue weighted by molar-refractivity contribution is 0.490. The number of fused-ring (bicyclic) bond motifs is 6. The van der Waals surface area contributed by atoms with E-state index >= 15 is 0 Å². The molecule has 4 heteroatoms. The van der Waals surface area contributed by atoms with Crippen LogP contribution in [0, 0.1) is 0 Å². The second-order valence-corrected chi connectivity index (χ2v) is 17.8. The molecule has 2 aliphatic rings. The van der Waals surface area contributed by atoms with Gasteiger partial charge >= 0.3 is 0 Å². The number of nitrogens with zero attached hydrogens (tertiary/aromatic N) is 3. The number of allylic oxidation sites excluding steroid dienone is 4. The zero-order valence-electron chi connectivity index (χ0n) is 37.8. The number of benzene rings is 8. The molecule has 2 aromatic heterocycles. The Morgan fingerprint density at radius 1 is 0.522 bits per heavy atom. The second kappa shape index (κ2) is 16.7. The summed E-state index contributed by atoms with van der Waals surface area (Å²) in [5, 5.41) is 12.0. The minimum Gasteiger partial charge on any atom is -0.417 e. The molecule has 0 amide bonds. The average molecular weight is 864 g/mol. The first-order valence-electron chi connectivity index (χ1n) is 23.7. The Morgan fingerprint density at radius 2 is 1.12 bits per heavy atom. The van der Waals surface area contributed by atoms with E-state index in [4.69, 9.17) is 9.52 Å². The predicted octanol–water partition coefficient (Wildman–Crippen LogP) is 16.8. The predicted molar refractivity (Wildman–Crippen MR) is 279 cm³/mol. The fourth-order valence-corrected chi connectivity index (χ4v) is 11.1. The first kappa shape index (κ1) is 40.4. The highest BCUT2D eigenvalue weighted by molar-refractivity contribution is 6.09. The molecule has 4 nitrogen and oxygen atoms in total. The third-order valence-corrected chi connectivity index (χ3v) is 14.3. The van der Waals surface area contributed by atoms with Gasteiger partial charge in [0, 0.05) is 39.1 Å². The number of rotatable bonds is 10. The van der Waals surface area contributed by atoms with Gasteiger partial charge in [0.25, 0.3) is 0 Å². The van der Waals surface area contributed by atoms with Crippen molar-refractivity contribution in [3.05, 3.63) is 228 Å². The van der Waals surface area contributed by atoms with E-state index in [0.29, 0.717) is 11.8 Å². The van der Waals surface area contributed by atoms with E-state index in [1.165, 1.54) is 60.9 Å². The van der Waals surface area contributed by atoms with E-state index in [0.717, 1.165) is 70.2 Å². The van der Waals surface area contributed by atoms with Crippen LogP contribution in [0.1, 0.15) is 67.7 Å². The lowest BCUT2D eigenvalue weighted by Crippen LogP contribution is -2.23. The fraction of sp³-hybridized carbons (Fsp3) is 0.111. The van der Waals surface area contributed by atoms with Crippen LogP contribution in [0.4, 0.5) is 0 Å². The van der Waals surface area contributed by atoms with Crippen molar-refractivity contribution in [2.45, 2.75) is 44.9 Å². The van der Waals surface area contributed by atoms with Crippen LogP contribution in [0.2, 0.25) is 0 Å². The number of hydrogen-bond acceptors (Lipinski definition) is 3. The Bertz CT molecular complexity index is 3530. The van der Waals surface area contributed by atoms with E-state index < -0.39 is 0 Å². The second-order valence-electron chi connectivity index (χ2n) is 17.8. The summed E-state index contributed by atoms with van der Waals surface area (Å²) in [6.07, 6.45) is 15.1. The molecule has 0 radical (unpaired) electrons. The van der Waals surface area contributed by atoms with Crippen LogP contribution in [0.5, 0.6) is 0 Å². The third kappa shape index (κ3) is 6.74. The van der Waals surface area contributed by atoms with Crippen LogP contribution in [0.15, 0.2) is 205 Å². The van der Waals surface area contributed by atoms with E-state index in [1.54, 1.807) is 0 Å². The summed E-state index contributed by atoms with van der Waals surface area (Å²) in [7, 11) is 0. The van der Waals surface area contributed by atoms with Crippen LogP contribution in [0.3, 0.4) is 0 Å². The summed E-state index contributed by atoms with van der Waals surface area (Å²) < 4.78 is 9.15. The molecule has 0 fully saturated rings. The standard InChI is InChI=1S/C63H49N3O/c1-3-63(4-2)54-39-42(33-36-48(54)49-37-35-47(40-55(49)63)66-56-31-19-17-29-50(56)51-30-18-20-32-57(51)66)34-38-58-64-65-62(67-58)53-41-52(43-21-9-5-10-22-43)59(44-23-11-6-12-24-44)61(46-27-15-8-16-28-46)60(53)45-25-13-7-14-26-45/h5,7-11,13-41H,3-4,6,12H2,1-2H3/b38-34+. The van der Waals surface area contributed by atoms with Crippen molar-refractivity contribution < 1.29 is 4.42 Å². The maximum Gasteiger partial charge on any atom is 0.248 e. The van der Waals surface area contributed by atoms with Crippen molar-refractivity contribution in [1.82, 2.24) is 14.8 Å². The van der Waals surface area contributed by atoms with Gasteiger partial charge in [0.15, 0.2) is 0 Å². The Hall–Kier alpha value is -8.08. The minimum absolute atomic E-state index is 0.128. The van der Waals surface area contributed by atoms with Crippen molar-refractivity contribution in [2.75, 3.05) is 0 Å². The SMILES string of the molecule is CCC1(CC)c2cc(/C=C/c3nnc(-c4cc(-c5ccccc5)c(C5=CCCC=C5)c(-c5ccccc5)c4-c4ccccc4)o3)ccc2-c2ccc(-n3c4ccccc4c4ccccc43)cc21. The minimum atomic E-state index is -0.128. The van der Waals surface area contributed by atoms with E-state index in [2.05, 4.69) is 230 Å². The lowest BCUT2D eigenvalue weighted by Gasteiger charge is -2.30. The summed E-state index contributed by atoms with van der Waals surface area (Å²) in [6, 6.07) is 65.9. The zero-order valence-corrected chi connectivity index (χ0v) is 37.8. The largest absolute Gasteiger partial charge is 0.417 e. The molecule has 0 spiro atoms. The summed E-state index contributed by atoms with van der Waals surface area (Å²) in [5.41, 5.74) is 20.0. The molecule has 67 heavy (non-hydrogen) atoms. The Morgan fingerprint density at radius 3 is 1.76 bits per heavy atom. The molecule has 8 aromatic carbocycles. The van der Waals surface area contributed by atoms with Gasteiger partial charge in [-0.05, 0) is 129 Å². The number of aromatic nitrogens is 3. The smallest absolute Gasteiger partial charge is 0.248 e. The quantitative estimate of drug-likeness (QED) is 0.138. The molecule has 0 atom stereocenters. The highest BCUT2D eigenvalue weighted by atomic mass is 16.4. The van der Waals surface area contributed by atoms with Gasteiger partial charge in [-0.25, -0.2) is 0 Å². The number of para-hydroxylation sites is 2. The third-order valence-electron chi connectivity index (χ3n) is 14.3. The normalized spacial score (nSPS) is 13.9. The topological polar surface area (TPSA) is 43.9 Å². The molecule has 0 saturated heterocycles. The zero-order chi connectivity index (χ0) is 44.9. The van der Waals surface area contributed by atoms with Gasteiger partial charge in [-0.3, -0.25) is 0 Å². The van der Waals surface area contributed by atoms with Crippen molar-refractivity contribution in [2.24, 2.45) is 0 Å². The van der Waals surface area contributed by atoms with Crippen LogP contribution < -0.4 is 0 Å². The van der Waals surface area contributed by atoms with Gasteiger partial charge in [-0.15, -0.1) is 10.2 Å².